The number of rotatable bonds is 6. The molecule has 1 amide bonds. The summed E-state index contributed by atoms with van der Waals surface area (Å²) in [6.07, 6.45) is 2.19. The van der Waals surface area contributed by atoms with E-state index in [0.29, 0.717) is 12.0 Å². The smallest absolute Gasteiger partial charge is 0.239 e. The van der Waals surface area contributed by atoms with Crippen molar-refractivity contribution in [1.29, 1.82) is 0 Å². The number of hydrogen-bond acceptors (Lipinski definition) is 3. The molecule has 1 unspecified atom stereocenters. The summed E-state index contributed by atoms with van der Waals surface area (Å²) in [6, 6.07) is 8.65. The van der Waals surface area contributed by atoms with Gasteiger partial charge in [-0.05, 0) is 50.3 Å². The largest absolute Gasteiger partial charge is 0.497 e. The number of likely N-dealkylation sites (N-methyl/N-ethyl adjacent to an activating group) is 1. The third-order valence-electron chi connectivity index (χ3n) is 4.43. The molecule has 1 fully saturated rings. The average Bonchev–Trinajstić information content (AvgIpc) is 2.48. The lowest BCUT2D eigenvalue weighted by Crippen LogP contribution is -2.50. The minimum absolute atomic E-state index is 0.100. The normalized spacial score (nSPS) is 22.3. The van der Waals surface area contributed by atoms with E-state index in [9.17, 15) is 4.79 Å². The van der Waals surface area contributed by atoms with E-state index in [1.807, 2.05) is 33.0 Å². The van der Waals surface area contributed by atoms with Crippen LogP contribution in [0.25, 0.3) is 0 Å². The molecule has 4 heteroatoms. The number of ether oxygens (including phenoxy) is 1. The molecule has 0 radical (unpaired) electrons. The SMILES string of the molecule is CCN(C)C(=O)C(C)NC1CC(c2ccc(OC)cc2)C1. The van der Waals surface area contributed by atoms with Crippen LogP contribution < -0.4 is 10.1 Å². The van der Waals surface area contributed by atoms with Crippen LogP contribution in [0.1, 0.15) is 38.2 Å². The molecule has 0 bridgehead atoms. The number of nitrogens with zero attached hydrogens (tertiary/aromatic N) is 1. The van der Waals surface area contributed by atoms with Crippen LogP contribution in [-0.4, -0.2) is 43.6 Å². The molecule has 0 heterocycles. The van der Waals surface area contributed by atoms with Gasteiger partial charge in [0, 0.05) is 19.6 Å². The second kappa shape index (κ2) is 6.94. The Morgan fingerprint density at radius 3 is 2.52 bits per heavy atom. The van der Waals surface area contributed by atoms with E-state index in [-0.39, 0.29) is 11.9 Å². The number of carbonyl (C=O) groups is 1. The Balaban J connectivity index is 1.79. The fourth-order valence-corrected chi connectivity index (χ4v) is 2.81. The van der Waals surface area contributed by atoms with Crippen molar-refractivity contribution >= 4 is 5.91 Å². The Kier molecular flexibility index (Phi) is 5.23. The Morgan fingerprint density at radius 2 is 2.00 bits per heavy atom. The van der Waals surface area contributed by atoms with Gasteiger partial charge in [0.25, 0.3) is 0 Å². The van der Waals surface area contributed by atoms with E-state index in [1.54, 1.807) is 12.0 Å². The third kappa shape index (κ3) is 3.76. The summed E-state index contributed by atoms with van der Waals surface area (Å²) in [5.41, 5.74) is 1.36. The van der Waals surface area contributed by atoms with Crippen LogP contribution in [0.3, 0.4) is 0 Å². The van der Waals surface area contributed by atoms with Crippen molar-refractivity contribution in [3.8, 4) is 5.75 Å². The van der Waals surface area contributed by atoms with Crippen molar-refractivity contribution in [2.45, 2.75) is 44.7 Å². The molecule has 0 spiro atoms. The highest BCUT2D eigenvalue weighted by molar-refractivity contribution is 5.81. The molecule has 0 saturated heterocycles. The van der Waals surface area contributed by atoms with E-state index >= 15 is 0 Å². The van der Waals surface area contributed by atoms with Crippen LogP contribution in [0.2, 0.25) is 0 Å². The number of nitrogens with one attached hydrogen (secondary N) is 1. The quantitative estimate of drug-likeness (QED) is 0.874. The Labute approximate surface area is 127 Å². The van der Waals surface area contributed by atoms with Crippen LogP contribution in [0, 0.1) is 0 Å². The van der Waals surface area contributed by atoms with E-state index in [4.69, 9.17) is 4.74 Å². The second-order valence-corrected chi connectivity index (χ2v) is 5.88. The molecule has 0 aromatic heterocycles. The fraction of sp³-hybridized carbons (Fsp3) is 0.588. The Bertz CT molecular complexity index is 466. The van der Waals surface area contributed by atoms with Gasteiger partial charge in [-0.2, -0.15) is 0 Å². The maximum absolute atomic E-state index is 12.0. The van der Waals surface area contributed by atoms with Gasteiger partial charge in [0.1, 0.15) is 5.75 Å². The number of methoxy groups -OCH3 is 1. The number of benzene rings is 1. The maximum Gasteiger partial charge on any atom is 0.239 e. The predicted molar refractivity (Wildman–Crippen MR) is 84.7 cm³/mol. The molecule has 116 valence electrons. The zero-order valence-corrected chi connectivity index (χ0v) is 13.4. The minimum Gasteiger partial charge on any atom is -0.497 e. The van der Waals surface area contributed by atoms with Crippen molar-refractivity contribution in [3.63, 3.8) is 0 Å². The molecular weight excluding hydrogens is 264 g/mol. The van der Waals surface area contributed by atoms with Gasteiger partial charge in [0.15, 0.2) is 0 Å². The van der Waals surface area contributed by atoms with Gasteiger partial charge in [-0.1, -0.05) is 12.1 Å². The highest BCUT2D eigenvalue weighted by atomic mass is 16.5. The molecule has 1 aromatic carbocycles. The Hall–Kier alpha value is -1.55. The molecule has 1 atom stereocenters. The van der Waals surface area contributed by atoms with Crippen LogP contribution >= 0.6 is 0 Å². The third-order valence-corrected chi connectivity index (χ3v) is 4.43. The summed E-state index contributed by atoms with van der Waals surface area (Å²) >= 11 is 0. The highest BCUT2D eigenvalue weighted by Crippen LogP contribution is 2.37. The zero-order valence-electron chi connectivity index (χ0n) is 13.4. The van der Waals surface area contributed by atoms with E-state index < -0.39 is 0 Å². The van der Waals surface area contributed by atoms with E-state index in [1.165, 1.54) is 5.56 Å². The average molecular weight is 290 g/mol. The van der Waals surface area contributed by atoms with Gasteiger partial charge in [-0.15, -0.1) is 0 Å². The van der Waals surface area contributed by atoms with Crippen molar-refractivity contribution in [2.24, 2.45) is 0 Å². The van der Waals surface area contributed by atoms with Crippen molar-refractivity contribution < 1.29 is 9.53 Å². The summed E-state index contributed by atoms with van der Waals surface area (Å²) < 4.78 is 5.18. The summed E-state index contributed by atoms with van der Waals surface area (Å²) in [5, 5.41) is 3.44. The van der Waals surface area contributed by atoms with Crippen LogP contribution in [0.15, 0.2) is 24.3 Å². The molecule has 21 heavy (non-hydrogen) atoms. The molecule has 0 aliphatic heterocycles. The fourth-order valence-electron chi connectivity index (χ4n) is 2.81. The van der Waals surface area contributed by atoms with Gasteiger partial charge >= 0.3 is 0 Å². The molecule has 1 aliphatic rings. The monoisotopic (exact) mass is 290 g/mol. The number of amides is 1. The summed E-state index contributed by atoms with van der Waals surface area (Å²) in [5.74, 6) is 1.67. The predicted octanol–water partition coefficient (Wildman–Crippen LogP) is 2.40. The van der Waals surface area contributed by atoms with Gasteiger partial charge in [-0.25, -0.2) is 0 Å². The lowest BCUT2D eigenvalue weighted by Gasteiger charge is -2.38. The molecule has 1 aliphatic carbocycles. The van der Waals surface area contributed by atoms with E-state index in [2.05, 4.69) is 17.4 Å². The minimum atomic E-state index is -0.100. The van der Waals surface area contributed by atoms with Crippen LogP contribution in [0.4, 0.5) is 0 Å². The van der Waals surface area contributed by atoms with E-state index in [0.717, 1.165) is 25.1 Å². The first kappa shape index (κ1) is 15.8. The van der Waals surface area contributed by atoms with Crippen LogP contribution in [0.5, 0.6) is 5.75 Å². The number of carbonyl (C=O) groups excluding carboxylic acids is 1. The first-order valence-corrected chi connectivity index (χ1v) is 7.70. The molecule has 1 N–H and O–H groups in total. The zero-order chi connectivity index (χ0) is 15.4. The number of hydrogen-bond donors (Lipinski definition) is 1. The van der Waals surface area contributed by atoms with Gasteiger partial charge in [0.2, 0.25) is 5.91 Å². The maximum atomic E-state index is 12.0. The summed E-state index contributed by atoms with van der Waals surface area (Å²) in [7, 11) is 3.53. The summed E-state index contributed by atoms with van der Waals surface area (Å²) in [6.45, 7) is 4.70. The lowest BCUT2D eigenvalue weighted by molar-refractivity contribution is -0.131. The molecule has 4 nitrogen and oxygen atoms in total. The second-order valence-electron chi connectivity index (χ2n) is 5.88. The van der Waals surface area contributed by atoms with Crippen molar-refractivity contribution in [1.82, 2.24) is 10.2 Å². The van der Waals surface area contributed by atoms with Crippen LogP contribution in [-0.2, 0) is 4.79 Å². The van der Waals surface area contributed by atoms with Gasteiger partial charge < -0.3 is 15.0 Å². The molecule has 2 rings (SSSR count). The standard InChI is InChI=1S/C17H26N2O2/c1-5-19(3)17(20)12(2)18-15-10-14(11-15)13-6-8-16(21-4)9-7-13/h6-9,12,14-15,18H,5,10-11H2,1-4H3. The topological polar surface area (TPSA) is 41.6 Å². The molecule has 1 aromatic rings. The van der Waals surface area contributed by atoms with Gasteiger partial charge in [0.05, 0.1) is 13.2 Å². The van der Waals surface area contributed by atoms with Crippen molar-refractivity contribution in [2.75, 3.05) is 20.7 Å². The summed E-state index contributed by atoms with van der Waals surface area (Å²) in [4.78, 5) is 13.8. The highest BCUT2D eigenvalue weighted by Gasteiger charge is 2.32. The molecular formula is C17H26N2O2. The molecule has 1 saturated carbocycles. The first-order valence-electron chi connectivity index (χ1n) is 7.70. The first-order chi connectivity index (χ1) is 10.0. The van der Waals surface area contributed by atoms with Gasteiger partial charge in [-0.3, -0.25) is 4.79 Å². The Morgan fingerprint density at radius 1 is 1.38 bits per heavy atom. The van der Waals surface area contributed by atoms with Crippen molar-refractivity contribution in [3.05, 3.63) is 29.8 Å². The lowest BCUT2D eigenvalue weighted by atomic mass is 9.75.